The lowest BCUT2D eigenvalue weighted by Gasteiger charge is -2.11. The number of carbonyl (C=O) groups excluding carboxylic acids is 1. The third kappa shape index (κ3) is 4.90. The van der Waals surface area contributed by atoms with E-state index < -0.39 is 34.1 Å². The highest BCUT2D eigenvalue weighted by Gasteiger charge is 2.33. The summed E-state index contributed by atoms with van der Waals surface area (Å²) in [6.07, 6.45) is -4.88. The summed E-state index contributed by atoms with van der Waals surface area (Å²) in [4.78, 5) is 21.7. The van der Waals surface area contributed by atoms with Crippen molar-refractivity contribution in [3.63, 3.8) is 0 Å². The number of halogens is 4. The first-order valence-electron chi connectivity index (χ1n) is 6.82. The Kier molecular flexibility index (Phi) is 5.20. The van der Waals surface area contributed by atoms with Gasteiger partial charge in [0.1, 0.15) is 11.5 Å². The number of rotatable bonds is 5. The summed E-state index contributed by atoms with van der Waals surface area (Å²) in [6.45, 7) is 0. The Hall–Kier alpha value is -3.17. The molecule has 0 atom stereocenters. The summed E-state index contributed by atoms with van der Waals surface area (Å²) in [5, 5.41) is 10.9. The van der Waals surface area contributed by atoms with Crippen molar-refractivity contribution in [2.75, 3.05) is 5.43 Å². The number of hydrazine groups is 1. The van der Waals surface area contributed by atoms with Crippen molar-refractivity contribution in [2.45, 2.75) is 12.6 Å². The van der Waals surface area contributed by atoms with Crippen molar-refractivity contribution >= 4 is 17.3 Å². The van der Waals surface area contributed by atoms with Crippen LogP contribution in [-0.4, -0.2) is 10.8 Å². The Morgan fingerprint density at radius 1 is 1.12 bits per heavy atom. The van der Waals surface area contributed by atoms with Crippen LogP contribution >= 0.6 is 0 Å². The van der Waals surface area contributed by atoms with Gasteiger partial charge in [-0.3, -0.25) is 25.8 Å². The number of nitrogens with zero attached hydrogens (tertiary/aromatic N) is 1. The molecule has 1 amide bonds. The number of hydrogen-bond donors (Lipinski definition) is 2. The molecule has 0 aliphatic heterocycles. The highest BCUT2D eigenvalue weighted by atomic mass is 19.4. The first-order valence-corrected chi connectivity index (χ1v) is 6.82. The third-order valence-corrected chi connectivity index (χ3v) is 3.14. The van der Waals surface area contributed by atoms with Crippen LogP contribution < -0.4 is 10.9 Å². The van der Waals surface area contributed by atoms with Gasteiger partial charge in [-0.2, -0.15) is 13.2 Å². The van der Waals surface area contributed by atoms with Crippen LogP contribution in [0.3, 0.4) is 0 Å². The van der Waals surface area contributed by atoms with Crippen molar-refractivity contribution in [2.24, 2.45) is 0 Å². The Bertz CT molecular complexity index is 792. The fraction of sp³-hybridized carbons (Fsp3) is 0.133. The van der Waals surface area contributed by atoms with Crippen LogP contribution in [0.25, 0.3) is 0 Å². The van der Waals surface area contributed by atoms with Gasteiger partial charge in [0.2, 0.25) is 5.91 Å². The number of benzene rings is 2. The fourth-order valence-corrected chi connectivity index (χ4v) is 1.93. The summed E-state index contributed by atoms with van der Waals surface area (Å²) in [5.74, 6) is -1.08. The third-order valence-electron chi connectivity index (χ3n) is 3.14. The molecule has 2 N–H and O–H groups in total. The zero-order chi connectivity index (χ0) is 18.6. The van der Waals surface area contributed by atoms with E-state index in [-0.39, 0.29) is 12.1 Å². The SMILES string of the molecule is O=C(Cc1ccc(F)cc1)NNc1ccc(C(F)(F)F)cc1[N+](=O)[O-]. The van der Waals surface area contributed by atoms with Crippen molar-refractivity contribution < 1.29 is 27.3 Å². The molecule has 0 saturated heterocycles. The molecule has 25 heavy (non-hydrogen) atoms. The minimum atomic E-state index is -4.73. The summed E-state index contributed by atoms with van der Waals surface area (Å²) in [6, 6.07) is 6.97. The second kappa shape index (κ2) is 7.16. The molecule has 0 aliphatic carbocycles. The van der Waals surface area contributed by atoms with Crippen molar-refractivity contribution in [3.05, 3.63) is 69.5 Å². The number of carbonyl (C=O) groups is 1. The van der Waals surface area contributed by atoms with Crippen LogP contribution in [0.2, 0.25) is 0 Å². The van der Waals surface area contributed by atoms with Crippen LogP contribution in [0.5, 0.6) is 0 Å². The molecular formula is C15H11F4N3O3. The minimum absolute atomic E-state index is 0.151. The molecule has 0 spiro atoms. The number of anilines is 1. The quantitative estimate of drug-likeness (QED) is 0.488. The number of amides is 1. The first-order chi connectivity index (χ1) is 11.7. The van der Waals surface area contributed by atoms with Gasteiger partial charge in [-0.1, -0.05) is 12.1 Å². The smallest absolute Gasteiger partial charge is 0.292 e. The molecule has 2 rings (SSSR count). The van der Waals surface area contributed by atoms with Gasteiger partial charge in [0.25, 0.3) is 5.69 Å². The lowest BCUT2D eigenvalue weighted by atomic mass is 10.1. The van der Waals surface area contributed by atoms with Crippen LogP contribution in [0.15, 0.2) is 42.5 Å². The lowest BCUT2D eigenvalue weighted by Crippen LogP contribution is -2.31. The van der Waals surface area contributed by atoms with Gasteiger partial charge >= 0.3 is 6.18 Å². The van der Waals surface area contributed by atoms with Crippen LogP contribution in [0.4, 0.5) is 28.9 Å². The zero-order valence-electron chi connectivity index (χ0n) is 12.4. The molecule has 2 aromatic carbocycles. The molecule has 0 aromatic heterocycles. The van der Waals surface area contributed by atoms with Gasteiger partial charge in [0.15, 0.2) is 0 Å². The predicted molar refractivity (Wildman–Crippen MR) is 80.0 cm³/mol. The summed E-state index contributed by atoms with van der Waals surface area (Å²) < 4.78 is 50.6. The van der Waals surface area contributed by atoms with Gasteiger partial charge < -0.3 is 0 Å². The predicted octanol–water partition coefficient (Wildman–Crippen LogP) is 3.44. The van der Waals surface area contributed by atoms with E-state index in [1.807, 2.05) is 0 Å². The van der Waals surface area contributed by atoms with E-state index in [1.165, 1.54) is 12.1 Å². The number of nitro benzene ring substituents is 1. The van der Waals surface area contributed by atoms with Gasteiger partial charge in [0.05, 0.1) is 16.9 Å². The average molecular weight is 357 g/mol. The molecular weight excluding hydrogens is 346 g/mol. The zero-order valence-corrected chi connectivity index (χ0v) is 12.4. The van der Waals surface area contributed by atoms with E-state index in [4.69, 9.17) is 0 Å². The summed E-state index contributed by atoms with van der Waals surface area (Å²) in [7, 11) is 0. The van der Waals surface area contributed by atoms with Crippen LogP contribution in [-0.2, 0) is 17.4 Å². The average Bonchev–Trinajstić information content (AvgIpc) is 2.54. The summed E-state index contributed by atoms with van der Waals surface area (Å²) in [5.41, 5.74) is 2.54. The van der Waals surface area contributed by atoms with E-state index >= 15 is 0 Å². The number of alkyl halides is 3. The molecule has 0 fully saturated rings. The Morgan fingerprint density at radius 2 is 1.76 bits per heavy atom. The molecule has 0 bridgehead atoms. The van der Waals surface area contributed by atoms with Gasteiger partial charge in [-0.25, -0.2) is 4.39 Å². The topological polar surface area (TPSA) is 84.3 Å². The molecule has 0 radical (unpaired) electrons. The maximum Gasteiger partial charge on any atom is 0.416 e. The maximum absolute atomic E-state index is 12.8. The fourth-order valence-electron chi connectivity index (χ4n) is 1.93. The Balaban J connectivity index is 2.07. The number of nitro groups is 1. The Morgan fingerprint density at radius 3 is 2.32 bits per heavy atom. The molecule has 0 unspecified atom stereocenters. The van der Waals surface area contributed by atoms with Crippen LogP contribution in [0.1, 0.15) is 11.1 Å². The normalized spacial score (nSPS) is 11.0. The summed E-state index contributed by atoms with van der Waals surface area (Å²) >= 11 is 0. The molecule has 0 aliphatic rings. The van der Waals surface area contributed by atoms with E-state index in [0.717, 1.165) is 18.2 Å². The van der Waals surface area contributed by atoms with Gasteiger partial charge in [-0.05, 0) is 29.8 Å². The van der Waals surface area contributed by atoms with Crippen molar-refractivity contribution in [1.29, 1.82) is 0 Å². The van der Waals surface area contributed by atoms with E-state index in [9.17, 15) is 32.5 Å². The highest BCUT2D eigenvalue weighted by molar-refractivity contribution is 5.80. The molecule has 2 aromatic rings. The first kappa shape index (κ1) is 18.2. The molecule has 132 valence electrons. The lowest BCUT2D eigenvalue weighted by molar-refractivity contribution is -0.384. The minimum Gasteiger partial charge on any atom is -0.292 e. The van der Waals surface area contributed by atoms with E-state index in [1.54, 1.807) is 0 Å². The van der Waals surface area contributed by atoms with E-state index in [2.05, 4.69) is 10.9 Å². The second-order valence-corrected chi connectivity index (χ2v) is 4.96. The monoisotopic (exact) mass is 357 g/mol. The Labute approximate surface area is 138 Å². The van der Waals surface area contributed by atoms with Crippen molar-refractivity contribution in [3.8, 4) is 0 Å². The van der Waals surface area contributed by atoms with Crippen molar-refractivity contribution in [1.82, 2.24) is 5.43 Å². The highest BCUT2D eigenvalue weighted by Crippen LogP contribution is 2.34. The van der Waals surface area contributed by atoms with Gasteiger partial charge in [-0.15, -0.1) is 0 Å². The molecule has 0 heterocycles. The number of nitrogens with one attached hydrogen (secondary N) is 2. The number of hydrogen-bond acceptors (Lipinski definition) is 4. The molecule has 6 nitrogen and oxygen atoms in total. The van der Waals surface area contributed by atoms with Gasteiger partial charge in [0, 0.05) is 6.07 Å². The largest absolute Gasteiger partial charge is 0.416 e. The van der Waals surface area contributed by atoms with E-state index in [0.29, 0.717) is 17.7 Å². The van der Waals surface area contributed by atoms with Crippen LogP contribution in [0, 0.1) is 15.9 Å². The molecule has 10 heteroatoms. The second-order valence-electron chi connectivity index (χ2n) is 4.96. The standard InChI is InChI=1S/C15H11F4N3O3/c16-11-4-1-9(2-5-11)7-14(23)21-20-12-6-3-10(15(17,18)19)8-13(12)22(24)25/h1-6,8,20H,7H2,(H,21,23). The molecule has 0 saturated carbocycles. The maximum atomic E-state index is 12.8.